The summed E-state index contributed by atoms with van der Waals surface area (Å²) in [6.07, 6.45) is 2.63. The molecule has 0 N–H and O–H groups in total. The minimum Gasteiger partial charge on any atom is -0.347 e. The molecular weight excluding hydrogens is 355 g/mol. The number of fused-ring (bicyclic) bond motifs is 1. The first-order valence-corrected chi connectivity index (χ1v) is 9.30. The van der Waals surface area contributed by atoms with Gasteiger partial charge in [-0.2, -0.15) is 0 Å². The third-order valence-electron chi connectivity index (χ3n) is 5.24. The van der Waals surface area contributed by atoms with Crippen LogP contribution < -0.4 is 0 Å². The van der Waals surface area contributed by atoms with Crippen LogP contribution in [0.25, 0.3) is 0 Å². The van der Waals surface area contributed by atoms with Crippen LogP contribution in [0.4, 0.5) is 4.39 Å². The van der Waals surface area contributed by atoms with Gasteiger partial charge in [-0.1, -0.05) is 24.3 Å². The average molecular weight is 376 g/mol. The van der Waals surface area contributed by atoms with Crippen molar-refractivity contribution in [3.63, 3.8) is 0 Å². The summed E-state index contributed by atoms with van der Waals surface area (Å²) < 4.78 is 14.7. The number of halogens is 1. The van der Waals surface area contributed by atoms with Crippen LogP contribution >= 0.6 is 0 Å². The van der Waals surface area contributed by atoms with Crippen LogP contribution in [-0.4, -0.2) is 34.1 Å². The number of ketones is 2. The van der Waals surface area contributed by atoms with Crippen LogP contribution in [0.1, 0.15) is 37.5 Å². The fraction of sp³-hybridized carbons (Fsp3) is 0.217. The molecule has 0 radical (unpaired) electrons. The van der Waals surface area contributed by atoms with Crippen LogP contribution in [0.3, 0.4) is 0 Å². The Balaban J connectivity index is 1.48. The summed E-state index contributed by atoms with van der Waals surface area (Å²) in [7, 11) is 1.74. The normalized spacial score (nSPS) is 13.9. The predicted octanol–water partition coefficient (Wildman–Crippen LogP) is 3.64. The molecular formula is C23H21FN2O2. The Kier molecular flexibility index (Phi) is 4.92. The van der Waals surface area contributed by atoms with E-state index in [4.69, 9.17) is 0 Å². The van der Waals surface area contributed by atoms with Crippen molar-refractivity contribution in [3.8, 4) is 0 Å². The molecule has 0 atom stereocenters. The number of hydrogen-bond donors (Lipinski definition) is 0. The molecule has 1 aromatic heterocycles. The highest BCUT2D eigenvalue weighted by atomic mass is 19.1. The van der Waals surface area contributed by atoms with Gasteiger partial charge >= 0.3 is 0 Å². The van der Waals surface area contributed by atoms with Crippen molar-refractivity contribution >= 4 is 11.6 Å². The maximum absolute atomic E-state index is 13.1. The summed E-state index contributed by atoms with van der Waals surface area (Å²) >= 11 is 0. The Morgan fingerprint density at radius 1 is 1.00 bits per heavy atom. The van der Waals surface area contributed by atoms with Gasteiger partial charge in [0.05, 0.1) is 12.2 Å². The summed E-state index contributed by atoms with van der Waals surface area (Å²) in [4.78, 5) is 27.6. The lowest BCUT2D eigenvalue weighted by Crippen LogP contribution is -2.34. The highest BCUT2D eigenvalue weighted by molar-refractivity contribution is 6.09. The molecule has 142 valence electrons. The molecule has 1 aliphatic rings. The van der Waals surface area contributed by atoms with Gasteiger partial charge in [0.1, 0.15) is 5.82 Å². The van der Waals surface area contributed by atoms with Gasteiger partial charge in [0.2, 0.25) is 5.78 Å². The molecule has 0 fully saturated rings. The van der Waals surface area contributed by atoms with Crippen molar-refractivity contribution in [3.05, 3.63) is 94.6 Å². The van der Waals surface area contributed by atoms with Crippen LogP contribution in [-0.2, 0) is 20.0 Å². The van der Waals surface area contributed by atoms with Gasteiger partial charge in [0, 0.05) is 37.5 Å². The van der Waals surface area contributed by atoms with Crippen LogP contribution in [0.2, 0.25) is 0 Å². The number of carbonyl (C=O) groups excluding carboxylic acids is 2. The second-order valence-electron chi connectivity index (χ2n) is 7.21. The molecule has 5 heteroatoms. The Hall–Kier alpha value is -3.05. The molecule has 0 aliphatic carbocycles. The first-order valence-electron chi connectivity index (χ1n) is 9.30. The molecule has 0 bridgehead atoms. The van der Waals surface area contributed by atoms with Crippen molar-refractivity contribution in [1.82, 2.24) is 9.47 Å². The first kappa shape index (κ1) is 18.3. The summed E-state index contributed by atoms with van der Waals surface area (Å²) in [5.41, 5.74) is 3.94. The minimum atomic E-state index is -0.387. The number of aromatic nitrogens is 1. The second-order valence-corrected chi connectivity index (χ2v) is 7.21. The number of Topliss-reactive ketones (excluding diaryl/α,β-unsaturated/α-hetero) is 1. The standard InChI is InChI=1S/C23H21FN2O2/c1-25-13-19(12-21(25)23(28)17-6-8-20(24)9-7-17)22(27)15-26-11-10-16-4-2-3-5-18(16)14-26/h2-9,12-13H,10-11,14-15H2,1H3. The van der Waals surface area contributed by atoms with E-state index in [-0.39, 0.29) is 17.4 Å². The number of nitrogens with zero attached hydrogens (tertiary/aromatic N) is 2. The van der Waals surface area contributed by atoms with Gasteiger partial charge in [-0.15, -0.1) is 0 Å². The topological polar surface area (TPSA) is 42.3 Å². The SMILES string of the molecule is Cn1cc(C(=O)CN2CCc3ccccc3C2)cc1C(=O)c1ccc(F)cc1. The summed E-state index contributed by atoms with van der Waals surface area (Å²) in [6.45, 7) is 1.93. The van der Waals surface area contributed by atoms with E-state index in [1.54, 1.807) is 23.9 Å². The number of rotatable bonds is 5. The Bertz CT molecular complexity index is 1040. The maximum atomic E-state index is 13.1. The number of carbonyl (C=O) groups is 2. The highest BCUT2D eigenvalue weighted by Crippen LogP contribution is 2.20. The van der Waals surface area contributed by atoms with E-state index in [2.05, 4.69) is 17.0 Å². The fourth-order valence-corrected chi connectivity index (χ4v) is 3.68. The Morgan fingerprint density at radius 2 is 1.71 bits per heavy atom. The summed E-state index contributed by atoms with van der Waals surface area (Å²) in [6, 6.07) is 15.4. The Morgan fingerprint density at radius 3 is 2.46 bits per heavy atom. The number of aryl methyl sites for hydroxylation is 1. The van der Waals surface area contributed by atoms with E-state index in [0.29, 0.717) is 23.4 Å². The molecule has 3 aromatic rings. The van der Waals surface area contributed by atoms with Crippen LogP contribution in [0, 0.1) is 5.82 Å². The lowest BCUT2D eigenvalue weighted by molar-refractivity contribution is 0.0921. The zero-order chi connectivity index (χ0) is 19.7. The second kappa shape index (κ2) is 7.52. The third kappa shape index (κ3) is 3.66. The lowest BCUT2D eigenvalue weighted by Gasteiger charge is -2.27. The molecule has 0 saturated heterocycles. The molecule has 28 heavy (non-hydrogen) atoms. The summed E-state index contributed by atoms with van der Waals surface area (Å²) in [5.74, 6) is -0.621. The van der Waals surface area contributed by atoms with E-state index in [1.807, 2.05) is 12.1 Å². The van der Waals surface area contributed by atoms with E-state index in [0.717, 1.165) is 19.5 Å². The van der Waals surface area contributed by atoms with Crippen molar-refractivity contribution in [2.24, 2.45) is 7.05 Å². The van der Waals surface area contributed by atoms with E-state index >= 15 is 0 Å². The molecule has 1 aliphatic heterocycles. The average Bonchev–Trinajstić information content (AvgIpc) is 3.10. The zero-order valence-electron chi connectivity index (χ0n) is 15.7. The van der Waals surface area contributed by atoms with Gasteiger partial charge in [0.15, 0.2) is 5.78 Å². The molecule has 0 unspecified atom stereocenters. The Labute approximate surface area is 163 Å². The minimum absolute atomic E-state index is 0.00635. The third-order valence-corrected chi connectivity index (χ3v) is 5.24. The maximum Gasteiger partial charge on any atom is 0.209 e. The molecule has 0 amide bonds. The van der Waals surface area contributed by atoms with E-state index in [9.17, 15) is 14.0 Å². The van der Waals surface area contributed by atoms with Crippen molar-refractivity contribution in [2.45, 2.75) is 13.0 Å². The largest absolute Gasteiger partial charge is 0.347 e. The van der Waals surface area contributed by atoms with Gasteiger partial charge in [-0.25, -0.2) is 4.39 Å². The molecule has 4 nitrogen and oxygen atoms in total. The van der Waals surface area contributed by atoms with Gasteiger partial charge in [-0.3, -0.25) is 14.5 Å². The van der Waals surface area contributed by atoms with Gasteiger partial charge < -0.3 is 4.57 Å². The van der Waals surface area contributed by atoms with E-state index in [1.165, 1.54) is 35.4 Å². The predicted molar refractivity (Wildman–Crippen MR) is 105 cm³/mol. The smallest absolute Gasteiger partial charge is 0.209 e. The van der Waals surface area contributed by atoms with Crippen molar-refractivity contribution in [2.75, 3.05) is 13.1 Å². The molecule has 0 spiro atoms. The van der Waals surface area contributed by atoms with Crippen LogP contribution in [0.5, 0.6) is 0 Å². The van der Waals surface area contributed by atoms with Gasteiger partial charge in [0.25, 0.3) is 0 Å². The molecule has 2 aromatic carbocycles. The molecule has 2 heterocycles. The van der Waals surface area contributed by atoms with Crippen molar-refractivity contribution < 1.29 is 14.0 Å². The lowest BCUT2D eigenvalue weighted by atomic mass is 9.99. The fourth-order valence-electron chi connectivity index (χ4n) is 3.68. The van der Waals surface area contributed by atoms with Gasteiger partial charge in [-0.05, 0) is 47.9 Å². The first-order chi connectivity index (χ1) is 13.5. The molecule has 4 rings (SSSR count). The summed E-state index contributed by atoms with van der Waals surface area (Å²) in [5, 5.41) is 0. The van der Waals surface area contributed by atoms with Crippen molar-refractivity contribution in [1.29, 1.82) is 0 Å². The number of benzene rings is 2. The van der Waals surface area contributed by atoms with E-state index < -0.39 is 0 Å². The molecule has 0 saturated carbocycles. The quantitative estimate of drug-likeness (QED) is 0.639. The van der Waals surface area contributed by atoms with Crippen LogP contribution in [0.15, 0.2) is 60.8 Å². The highest BCUT2D eigenvalue weighted by Gasteiger charge is 2.21. The number of hydrogen-bond acceptors (Lipinski definition) is 3. The zero-order valence-corrected chi connectivity index (χ0v) is 15.7. The monoisotopic (exact) mass is 376 g/mol.